The van der Waals surface area contributed by atoms with Crippen LogP contribution in [0.2, 0.25) is 0 Å². The molecule has 18 heavy (non-hydrogen) atoms. The van der Waals surface area contributed by atoms with Gasteiger partial charge in [0.1, 0.15) is 0 Å². The monoisotopic (exact) mass is 249 g/mol. The van der Waals surface area contributed by atoms with Gasteiger partial charge in [0, 0.05) is 13.3 Å². The molecule has 3 N–H and O–H groups in total. The van der Waals surface area contributed by atoms with Gasteiger partial charge in [-0.3, -0.25) is 9.59 Å². The molecule has 0 spiro atoms. The van der Waals surface area contributed by atoms with Gasteiger partial charge in [0.05, 0.1) is 12.3 Å². The zero-order valence-electron chi connectivity index (χ0n) is 9.86. The van der Waals surface area contributed by atoms with Gasteiger partial charge in [0.15, 0.2) is 17.6 Å². The molecule has 0 bridgehead atoms. The number of carbonyl (C=O) groups is 2. The van der Waals surface area contributed by atoms with E-state index in [0.29, 0.717) is 23.6 Å². The minimum absolute atomic E-state index is 0.226. The lowest BCUT2D eigenvalue weighted by Gasteiger charge is -2.14. The number of hydrogen-bond acceptors (Lipinski definition) is 4. The van der Waals surface area contributed by atoms with Crippen LogP contribution in [0.1, 0.15) is 13.3 Å². The molecule has 2 rings (SSSR count). The smallest absolute Gasteiger partial charge is 0.258 e. The molecule has 0 aromatic heterocycles. The van der Waals surface area contributed by atoms with Crippen molar-refractivity contribution in [1.29, 1.82) is 0 Å². The van der Waals surface area contributed by atoms with Crippen LogP contribution in [-0.4, -0.2) is 24.5 Å². The van der Waals surface area contributed by atoms with Gasteiger partial charge in [-0.05, 0) is 18.2 Å². The van der Waals surface area contributed by atoms with Gasteiger partial charge >= 0.3 is 0 Å². The standard InChI is InChI=1S/C12H13N2O4/c1-7(15)14-8-3-2-4-9-11(8)17-6-5-10(18-9)12(13)16/h3-4,10H,5-6H2,1H3,(H2,13,16)(H,14,15). The highest BCUT2D eigenvalue weighted by atomic mass is 16.5. The molecule has 0 saturated carbocycles. The minimum Gasteiger partial charge on any atom is -0.487 e. The van der Waals surface area contributed by atoms with E-state index in [1.54, 1.807) is 12.1 Å². The van der Waals surface area contributed by atoms with Crippen molar-refractivity contribution in [3.8, 4) is 11.5 Å². The average molecular weight is 249 g/mol. The molecule has 1 aliphatic rings. The molecule has 1 aromatic rings. The lowest BCUT2D eigenvalue weighted by atomic mass is 10.2. The second-order valence-electron chi connectivity index (χ2n) is 3.89. The van der Waals surface area contributed by atoms with Crippen LogP contribution in [0, 0.1) is 6.07 Å². The number of primary amides is 1. The van der Waals surface area contributed by atoms with Crippen molar-refractivity contribution in [1.82, 2.24) is 0 Å². The second-order valence-corrected chi connectivity index (χ2v) is 3.89. The van der Waals surface area contributed by atoms with E-state index in [1.165, 1.54) is 6.92 Å². The van der Waals surface area contributed by atoms with Crippen molar-refractivity contribution >= 4 is 17.5 Å². The summed E-state index contributed by atoms with van der Waals surface area (Å²) in [7, 11) is 0. The Hall–Kier alpha value is -2.24. The van der Waals surface area contributed by atoms with Crippen LogP contribution in [0.25, 0.3) is 0 Å². The maximum atomic E-state index is 11.1. The first-order valence-corrected chi connectivity index (χ1v) is 5.48. The van der Waals surface area contributed by atoms with Gasteiger partial charge in [0.2, 0.25) is 5.91 Å². The molecule has 2 amide bonds. The third-order valence-electron chi connectivity index (χ3n) is 2.43. The third-order valence-corrected chi connectivity index (χ3v) is 2.43. The van der Waals surface area contributed by atoms with Crippen LogP contribution >= 0.6 is 0 Å². The molecular formula is C12H13N2O4. The quantitative estimate of drug-likeness (QED) is 0.796. The molecule has 1 heterocycles. The van der Waals surface area contributed by atoms with Crippen LogP contribution in [0.5, 0.6) is 11.5 Å². The predicted molar refractivity (Wildman–Crippen MR) is 63.3 cm³/mol. The molecule has 1 aromatic carbocycles. The van der Waals surface area contributed by atoms with Crippen LogP contribution in [0.3, 0.4) is 0 Å². The Kier molecular flexibility index (Phi) is 3.36. The first-order chi connectivity index (χ1) is 8.58. The van der Waals surface area contributed by atoms with Gasteiger partial charge in [-0.1, -0.05) is 0 Å². The van der Waals surface area contributed by atoms with Gasteiger partial charge in [0.25, 0.3) is 5.91 Å². The zero-order valence-corrected chi connectivity index (χ0v) is 9.86. The number of ether oxygens (including phenoxy) is 2. The molecule has 6 heteroatoms. The Bertz CT molecular complexity index is 487. The highest BCUT2D eigenvalue weighted by Crippen LogP contribution is 2.37. The van der Waals surface area contributed by atoms with Crippen molar-refractivity contribution in [2.75, 3.05) is 11.9 Å². The third kappa shape index (κ3) is 2.53. The van der Waals surface area contributed by atoms with Crippen molar-refractivity contribution in [3.63, 3.8) is 0 Å². The average Bonchev–Trinajstić information content (AvgIpc) is 2.51. The molecule has 6 nitrogen and oxygen atoms in total. The topological polar surface area (TPSA) is 90.6 Å². The van der Waals surface area contributed by atoms with Crippen molar-refractivity contribution in [2.24, 2.45) is 5.73 Å². The fraction of sp³-hybridized carbons (Fsp3) is 0.333. The van der Waals surface area contributed by atoms with Crippen molar-refractivity contribution < 1.29 is 19.1 Å². The number of hydrogen-bond donors (Lipinski definition) is 2. The summed E-state index contributed by atoms with van der Waals surface area (Å²) in [5.74, 6) is -0.0253. The largest absolute Gasteiger partial charge is 0.487 e. The predicted octanol–water partition coefficient (Wildman–Crippen LogP) is 0.460. The Morgan fingerprint density at radius 1 is 1.50 bits per heavy atom. The number of nitrogens with two attached hydrogens (primary N) is 1. The molecule has 0 fully saturated rings. The Morgan fingerprint density at radius 2 is 2.28 bits per heavy atom. The van der Waals surface area contributed by atoms with E-state index in [4.69, 9.17) is 15.2 Å². The molecule has 0 aliphatic carbocycles. The molecule has 1 unspecified atom stereocenters. The van der Waals surface area contributed by atoms with E-state index in [2.05, 4.69) is 11.4 Å². The summed E-state index contributed by atoms with van der Waals surface area (Å²) < 4.78 is 11.0. The molecular weight excluding hydrogens is 236 g/mol. The fourth-order valence-corrected chi connectivity index (χ4v) is 1.66. The summed E-state index contributed by atoms with van der Waals surface area (Å²) in [4.78, 5) is 22.2. The van der Waals surface area contributed by atoms with E-state index in [1.807, 2.05) is 0 Å². The van der Waals surface area contributed by atoms with Crippen LogP contribution in [0.15, 0.2) is 12.1 Å². The summed E-state index contributed by atoms with van der Waals surface area (Å²) >= 11 is 0. The Morgan fingerprint density at radius 3 is 2.94 bits per heavy atom. The van der Waals surface area contributed by atoms with E-state index in [9.17, 15) is 9.59 Å². The zero-order chi connectivity index (χ0) is 13.1. The van der Waals surface area contributed by atoms with E-state index in [-0.39, 0.29) is 12.5 Å². The number of anilines is 1. The van der Waals surface area contributed by atoms with Crippen LogP contribution < -0.4 is 20.5 Å². The molecule has 1 aliphatic heterocycles. The molecule has 0 saturated heterocycles. The number of carbonyl (C=O) groups excluding carboxylic acids is 2. The number of amides is 2. The molecule has 95 valence electrons. The summed E-state index contributed by atoms with van der Waals surface area (Å²) in [6.07, 6.45) is -0.365. The maximum absolute atomic E-state index is 11.1. The number of rotatable bonds is 2. The van der Waals surface area contributed by atoms with E-state index >= 15 is 0 Å². The van der Waals surface area contributed by atoms with Crippen LogP contribution in [-0.2, 0) is 9.59 Å². The van der Waals surface area contributed by atoms with Gasteiger partial charge < -0.3 is 20.5 Å². The van der Waals surface area contributed by atoms with E-state index in [0.717, 1.165) is 0 Å². The van der Waals surface area contributed by atoms with Gasteiger partial charge in [-0.25, -0.2) is 0 Å². The summed E-state index contributed by atoms with van der Waals surface area (Å²) in [5, 5.41) is 2.61. The van der Waals surface area contributed by atoms with Gasteiger partial charge in [-0.15, -0.1) is 0 Å². The highest BCUT2D eigenvalue weighted by molar-refractivity contribution is 5.91. The highest BCUT2D eigenvalue weighted by Gasteiger charge is 2.24. The lowest BCUT2D eigenvalue weighted by Crippen LogP contribution is -2.33. The normalized spacial score (nSPS) is 17.7. The molecule has 1 atom stereocenters. The Labute approximate surface area is 104 Å². The van der Waals surface area contributed by atoms with E-state index < -0.39 is 12.0 Å². The number of fused-ring (bicyclic) bond motifs is 1. The first kappa shape index (κ1) is 12.2. The Balaban J connectivity index is 2.33. The lowest BCUT2D eigenvalue weighted by molar-refractivity contribution is -0.124. The number of benzene rings is 1. The SMILES string of the molecule is CC(=O)Nc1c[c]cc2c1OCCC(C(N)=O)O2. The second kappa shape index (κ2) is 4.95. The first-order valence-electron chi connectivity index (χ1n) is 5.48. The fourth-order valence-electron chi connectivity index (χ4n) is 1.66. The molecule has 1 radical (unpaired) electrons. The van der Waals surface area contributed by atoms with Gasteiger partial charge in [-0.2, -0.15) is 0 Å². The maximum Gasteiger partial charge on any atom is 0.258 e. The summed E-state index contributed by atoms with van der Waals surface area (Å²) in [6, 6.07) is 5.93. The van der Waals surface area contributed by atoms with Crippen LogP contribution in [0.4, 0.5) is 5.69 Å². The summed E-state index contributed by atoms with van der Waals surface area (Å²) in [5.41, 5.74) is 5.68. The minimum atomic E-state index is -0.729. The number of nitrogens with one attached hydrogen (secondary N) is 1. The van der Waals surface area contributed by atoms with Crippen molar-refractivity contribution in [2.45, 2.75) is 19.4 Å². The van der Waals surface area contributed by atoms with Crippen molar-refractivity contribution in [3.05, 3.63) is 18.2 Å². The summed E-state index contributed by atoms with van der Waals surface area (Å²) in [6.45, 7) is 1.68.